The zero-order chi connectivity index (χ0) is 17.7. The first-order chi connectivity index (χ1) is 12.0. The maximum Gasteiger partial charge on any atom is 0.433 e. The van der Waals surface area contributed by atoms with E-state index in [1.807, 2.05) is 30.3 Å². The van der Waals surface area contributed by atoms with Crippen molar-refractivity contribution in [2.75, 3.05) is 0 Å². The molecule has 0 amide bonds. The van der Waals surface area contributed by atoms with Gasteiger partial charge in [-0.15, -0.1) is 0 Å². The Balaban J connectivity index is 1.63. The molecule has 1 heterocycles. The van der Waals surface area contributed by atoms with Gasteiger partial charge in [-0.3, -0.25) is 0 Å². The minimum Gasteiger partial charge on any atom is -0.489 e. The molecular weight excluding hydrogens is 333 g/mol. The smallest absolute Gasteiger partial charge is 0.433 e. The van der Waals surface area contributed by atoms with Gasteiger partial charge >= 0.3 is 12.2 Å². The van der Waals surface area contributed by atoms with Crippen molar-refractivity contribution in [3.05, 3.63) is 78.1 Å². The third-order valence-corrected chi connectivity index (χ3v) is 3.21. The van der Waals surface area contributed by atoms with Gasteiger partial charge in [-0.25, -0.2) is 4.98 Å². The van der Waals surface area contributed by atoms with E-state index in [0.717, 1.165) is 17.8 Å². The molecule has 0 aliphatic rings. The molecule has 0 N–H and O–H groups in total. The molecule has 0 bridgehead atoms. The van der Waals surface area contributed by atoms with E-state index in [1.54, 1.807) is 24.3 Å². The fourth-order valence-corrected chi connectivity index (χ4v) is 2.00. The van der Waals surface area contributed by atoms with Crippen molar-refractivity contribution >= 4 is 0 Å². The van der Waals surface area contributed by atoms with Crippen LogP contribution in [0.4, 0.5) is 13.2 Å². The lowest BCUT2D eigenvalue weighted by Crippen LogP contribution is -2.08. The number of halogens is 3. The lowest BCUT2D eigenvalue weighted by atomic mass is 10.2. The summed E-state index contributed by atoms with van der Waals surface area (Å²) in [6, 6.07) is 16.5. The quantitative estimate of drug-likeness (QED) is 0.661. The summed E-state index contributed by atoms with van der Waals surface area (Å²) in [5.41, 5.74) is -0.0273. The first-order valence-corrected chi connectivity index (χ1v) is 7.35. The van der Waals surface area contributed by atoms with E-state index >= 15 is 0 Å². The van der Waals surface area contributed by atoms with E-state index in [4.69, 9.17) is 9.47 Å². The van der Waals surface area contributed by atoms with Crippen molar-refractivity contribution < 1.29 is 22.6 Å². The average molecular weight is 346 g/mol. The summed E-state index contributed by atoms with van der Waals surface area (Å²) in [6.45, 7) is 0.414. The Labute approximate surface area is 141 Å². The molecule has 0 unspecified atom stereocenters. The highest BCUT2D eigenvalue weighted by atomic mass is 19.4. The van der Waals surface area contributed by atoms with Gasteiger partial charge in [0.2, 0.25) is 0 Å². The van der Waals surface area contributed by atoms with E-state index in [2.05, 4.69) is 9.97 Å². The molecule has 0 atom stereocenters. The predicted molar refractivity (Wildman–Crippen MR) is 84.3 cm³/mol. The molecule has 7 heteroatoms. The molecule has 3 aromatic rings. The molecule has 0 saturated heterocycles. The summed E-state index contributed by atoms with van der Waals surface area (Å²) >= 11 is 0. The van der Waals surface area contributed by atoms with Crippen molar-refractivity contribution in [1.29, 1.82) is 0 Å². The molecule has 128 valence electrons. The van der Waals surface area contributed by atoms with Gasteiger partial charge in [0.05, 0.1) is 0 Å². The molecule has 0 fully saturated rings. The zero-order valence-corrected chi connectivity index (χ0v) is 12.9. The van der Waals surface area contributed by atoms with Crippen LogP contribution in [0.1, 0.15) is 11.3 Å². The monoisotopic (exact) mass is 346 g/mol. The van der Waals surface area contributed by atoms with Gasteiger partial charge in [-0.2, -0.15) is 18.2 Å². The van der Waals surface area contributed by atoms with Crippen LogP contribution >= 0.6 is 0 Å². The Kier molecular flexibility index (Phi) is 4.83. The van der Waals surface area contributed by atoms with Crippen LogP contribution < -0.4 is 9.47 Å². The van der Waals surface area contributed by atoms with E-state index < -0.39 is 11.9 Å². The Morgan fingerprint density at radius 1 is 0.840 bits per heavy atom. The van der Waals surface area contributed by atoms with Gasteiger partial charge in [-0.1, -0.05) is 30.3 Å². The Morgan fingerprint density at radius 2 is 1.52 bits per heavy atom. The van der Waals surface area contributed by atoms with Crippen molar-refractivity contribution in [3.63, 3.8) is 0 Å². The molecule has 2 aromatic carbocycles. The van der Waals surface area contributed by atoms with Gasteiger partial charge in [0.1, 0.15) is 18.1 Å². The third kappa shape index (κ3) is 4.69. The topological polar surface area (TPSA) is 44.2 Å². The van der Waals surface area contributed by atoms with E-state index in [1.165, 1.54) is 0 Å². The van der Waals surface area contributed by atoms with Crippen molar-refractivity contribution in [2.45, 2.75) is 12.8 Å². The average Bonchev–Trinajstić information content (AvgIpc) is 2.62. The number of aromatic nitrogens is 2. The number of alkyl halides is 3. The number of hydrogen-bond acceptors (Lipinski definition) is 4. The standard InChI is InChI=1S/C18H13F3N2O2/c19-18(20,21)16-10-11-22-17(23-16)25-15-8-6-14(7-9-15)24-12-13-4-2-1-3-5-13/h1-11H,12H2. The van der Waals surface area contributed by atoms with Crippen LogP contribution in [0.3, 0.4) is 0 Å². The first kappa shape index (κ1) is 16.8. The number of hydrogen-bond donors (Lipinski definition) is 0. The molecule has 0 radical (unpaired) electrons. The van der Waals surface area contributed by atoms with E-state index in [0.29, 0.717) is 18.1 Å². The van der Waals surface area contributed by atoms with Gasteiger partial charge in [-0.05, 0) is 35.9 Å². The van der Waals surface area contributed by atoms with Crippen LogP contribution in [-0.2, 0) is 12.8 Å². The summed E-state index contributed by atoms with van der Waals surface area (Å²) in [6.07, 6.45) is -3.54. The second-order valence-electron chi connectivity index (χ2n) is 5.07. The maximum atomic E-state index is 12.6. The van der Waals surface area contributed by atoms with Crippen LogP contribution in [0, 0.1) is 0 Å². The maximum absolute atomic E-state index is 12.6. The lowest BCUT2D eigenvalue weighted by molar-refractivity contribution is -0.141. The van der Waals surface area contributed by atoms with Crippen LogP contribution in [0.5, 0.6) is 17.5 Å². The summed E-state index contributed by atoms with van der Waals surface area (Å²) in [5, 5.41) is 0. The molecule has 4 nitrogen and oxygen atoms in total. The molecule has 25 heavy (non-hydrogen) atoms. The summed E-state index contributed by atoms with van der Waals surface area (Å²) < 4.78 is 48.7. The molecule has 0 aliphatic heterocycles. The normalized spacial score (nSPS) is 11.2. The molecule has 1 aromatic heterocycles. The van der Waals surface area contributed by atoms with E-state index in [9.17, 15) is 13.2 Å². The summed E-state index contributed by atoms with van der Waals surface area (Å²) in [7, 11) is 0. The minimum atomic E-state index is -4.55. The van der Waals surface area contributed by atoms with Crippen molar-refractivity contribution in [2.24, 2.45) is 0 Å². The zero-order valence-electron chi connectivity index (χ0n) is 12.9. The molecular formula is C18H13F3N2O2. The number of ether oxygens (including phenoxy) is 2. The number of benzene rings is 2. The van der Waals surface area contributed by atoms with Crippen molar-refractivity contribution in [3.8, 4) is 17.5 Å². The Hall–Kier alpha value is -3.09. The first-order valence-electron chi connectivity index (χ1n) is 7.35. The van der Waals surface area contributed by atoms with Crippen LogP contribution in [0.2, 0.25) is 0 Å². The molecule has 0 saturated carbocycles. The number of rotatable bonds is 5. The molecule has 0 aliphatic carbocycles. The molecule has 3 rings (SSSR count). The molecule has 0 spiro atoms. The van der Waals surface area contributed by atoms with E-state index in [-0.39, 0.29) is 6.01 Å². The van der Waals surface area contributed by atoms with Crippen molar-refractivity contribution in [1.82, 2.24) is 9.97 Å². The highest BCUT2D eigenvalue weighted by Crippen LogP contribution is 2.29. The van der Waals surface area contributed by atoms with Crippen LogP contribution in [0.15, 0.2) is 66.9 Å². The minimum absolute atomic E-state index is 0.311. The van der Waals surface area contributed by atoms with Gasteiger partial charge in [0, 0.05) is 6.20 Å². The largest absolute Gasteiger partial charge is 0.489 e. The second-order valence-corrected chi connectivity index (χ2v) is 5.07. The van der Waals surface area contributed by atoms with Crippen LogP contribution in [-0.4, -0.2) is 9.97 Å². The second kappa shape index (κ2) is 7.21. The fraction of sp³-hybridized carbons (Fsp3) is 0.111. The third-order valence-electron chi connectivity index (χ3n) is 3.21. The predicted octanol–water partition coefficient (Wildman–Crippen LogP) is 4.87. The SMILES string of the molecule is FC(F)(F)c1ccnc(Oc2ccc(OCc3ccccc3)cc2)n1. The summed E-state index contributed by atoms with van der Waals surface area (Å²) in [4.78, 5) is 7.03. The van der Waals surface area contributed by atoms with Gasteiger partial charge in [0.25, 0.3) is 0 Å². The van der Waals surface area contributed by atoms with Gasteiger partial charge in [0.15, 0.2) is 5.69 Å². The highest BCUT2D eigenvalue weighted by molar-refractivity contribution is 5.33. The van der Waals surface area contributed by atoms with Gasteiger partial charge < -0.3 is 9.47 Å². The number of nitrogens with zero attached hydrogens (tertiary/aromatic N) is 2. The Bertz CT molecular complexity index is 822. The summed E-state index contributed by atoms with van der Waals surface area (Å²) in [5.74, 6) is 0.924. The fourth-order valence-electron chi connectivity index (χ4n) is 2.00. The highest BCUT2D eigenvalue weighted by Gasteiger charge is 2.33. The van der Waals surface area contributed by atoms with Crippen LogP contribution in [0.25, 0.3) is 0 Å². The lowest BCUT2D eigenvalue weighted by Gasteiger charge is -2.09. The Morgan fingerprint density at radius 3 is 2.20 bits per heavy atom.